The Morgan fingerprint density at radius 1 is 1.46 bits per heavy atom. The van der Waals surface area contributed by atoms with Crippen molar-refractivity contribution in [2.45, 2.75) is 52.0 Å². The van der Waals surface area contributed by atoms with E-state index in [2.05, 4.69) is 13.8 Å². The Hall–Kier alpha value is -0.570. The number of aliphatic carboxylic acids is 1. The summed E-state index contributed by atoms with van der Waals surface area (Å²) in [6.07, 6.45) is 3.00. The average Bonchev–Trinajstić information content (AvgIpc) is 1.97. The average molecular weight is 187 g/mol. The molecule has 1 atom stereocenters. The normalized spacial score (nSPS) is 15.8. The maximum absolute atomic E-state index is 10.5. The van der Waals surface area contributed by atoms with Gasteiger partial charge in [-0.2, -0.15) is 0 Å². The smallest absolute Gasteiger partial charge is 0.305 e. The van der Waals surface area contributed by atoms with Crippen molar-refractivity contribution in [1.82, 2.24) is 0 Å². The molecule has 3 nitrogen and oxygen atoms in total. The summed E-state index contributed by atoms with van der Waals surface area (Å²) in [6.45, 7) is 6.05. The Morgan fingerprint density at radius 2 is 1.92 bits per heavy atom. The lowest BCUT2D eigenvalue weighted by atomic mass is 9.84. The van der Waals surface area contributed by atoms with Crippen molar-refractivity contribution in [2.75, 3.05) is 0 Å². The number of nitrogens with two attached hydrogens (primary N) is 1. The predicted octanol–water partition coefficient (Wildman–Crippen LogP) is 2.00. The standard InChI is InChI=1S/C10H21NO2/c1-4-8(5-2)6-10(3,11)7-9(12)13/h8H,4-7,11H2,1-3H3,(H,12,13). The lowest BCUT2D eigenvalue weighted by Crippen LogP contribution is -2.40. The van der Waals surface area contributed by atoms with E-state index < -0.39 is 11.5 Å². The highest BCUT2D eigenvalue weighted by molar-refractivity contribution is 5.68. The van der Waals surface area contributed by atoms with Gasteiger partial charge in [-0.15, -0.1) is 0 Å². The summed E-state index contributed by atoms with van der Waals surface area (Å²) in [6, 6.07) is 0. The van der Waals surface area contributed by atoms with E-state index in [1.165, 1.54) is 0 Å². The predicted molar refractivity (Wildman–Crippen MR) is 53.5 cm³/mol. The highest BCUT2D eigenvalue weighted by Crippen LogP contribution is 2.22. The van der Waals surface area contributed by atoms with Gasteiger partial charge in [-0.05, 0) is 19.3 Å². The monoisotopic (exact) mass is 187 g/mol. The van der Waals surface area contributed by atoms with Gasteiger partial charge in [-0.3, -0.25) is 4.79 Å². The molecule has 3 heteroatoms. The summed E-state index contributed by atoms with van der Waals surface area (Å²) >= 11 is 0. The van der Waals surface area contributed by atoms with Crippen molar-refractivity contribution in [3.63, 3.8) is 0 Å². The molecule has 0 aromatic heterocycles. The lowest BCUT2D eigenvalue weighted by molar-refractivity contribution is -0.138. The van der Waals surface area contributed by atoms with Crippen molar-refractivity contribution >= 4 is 5.97 Å². The molecule has 0 fully saturated rings. The van der Waals surface area contributed by atoms with E-state index in [0.717, 1.165) is 19.3 Å². The van der Waals surface area contributed by atoms with Crippen LogP contribution in [0.25, 0.3) is 0 Å². The highest BCUT2D eigenvalue weighted by Gasteiger charge is 2.25. The van der Waals surface area contributed by atoms with Crippen LogP contribution in [-0.2, 0) is 4.79 Å². The van der Waals surface area contributed by atoms with E-state index in [0.29, 0.717) is 5.92 Å². The first-order valence-electron chi connectivity index (χ1n) is 4.92. The summed E-state index contributed by atoms with van der Waals surface area (Å²) in [5.41, 5.74) is 5.34. The van der Waals surface area contributed by atoms with Gasteiger partial charge in [0.05, 0.1) is 6.42 Å². The van der Waals surface area contributed by atoms with E-state index in [9.17, 15) is 4.79 Å². The van der Waals surface area contributed by atoms with Crippen LogP contribution in [0.1, 0.15) is 46.5 Å². The molecule has 0 aliphatic rings. The minimum atomic E-state index is -0.809. The third-order valence-electron chi connectivity index (χ3n) is 2.46. The van der Waals surface area contributed by atoms with E-state index in [-0.39, 0.29) is 6.42 Å². The molecule has 0 aliphatic heterocycles. The van der Waals surface area contributed by atoms with Crippen LogP contribution < -0.4 is 5.73 Å². The second-order valence-corrected chi connectivity index (χ2v) is 4.11. The quantitative estimate of drug-likeness (QED) is 0.668. The zero-order valence-corrected chi connectivity index (χ0v) is 8.84. The summed E-state index contributed by atoms with van der Waals surface area (Å²) in [5.74, 6) is -0.259. The molecule has 0 aliphatic carbocycles. The fourth-order valence-electron chi connectivity index (χ4n) is 1.65. The Kier molecular flexibility index (Phi) is 4.99. The molecule has 0 aromatic carbocycles. The summed E-state index contributed by atoms with van der Waals surface area (Å²) in [4.78, 5) is 10.5. The van der Waals surface area contributed by atoms with Crippen LogP contribution in [0.2, 0.25) is 0 Å². The second-order valence-electron chi connectivity index (χ2n) is 4.11. The van der Waals surface area contributed by atoms with Crippen molar-refractivity contribution in [3.8, 4) is 0 Å². The Bertz CT molecular complexity index is 162. The Labute approximate surface area is 80.3 Å². The number of rotatable bonds is 6. The number of hydrogen-bond acceptors (Lipinski definition) is 2. The molecular formula is C10H21NO2. The van der Waals surface area contributed by atoms with Gasteiger partial charge < -0.3 is 10.8 Å². The minimum absolute atomic E-state index is 0.0590. The number of carboxylic acids is 1. The molecular weight excluding hydrogens is 166 g/mol. The van der Waals surface area contributed by atoms with Crippen LogP contribution in [0.3, 0.4) is 0 Å². The van der Waals surface area contributed by atoms with E-state index in [1.54, 1.807) is 0 Å². The molecule has 0 saturated carbocycles. The van der Waals surface area contributed by atoms with Crippen LogP contribution >= 0.6 is 0 Å². The fraction of sp³-hybridized carbons (Fsp3) is 0.900. The van der Waals surface area contributed by atoms with Gasteiger partial charge >= 0.3 is 5.97 Å². The molecule has 0 heterocycles. The molecule has 0 spiro atoms. The zero-order valence-electron chi connectivity index (χ0n) is 8.84. The topological polar surface area (TPSA) is 63.3 Å². The van der Waals surface area contributed by atoms with Gasteiger partial charge in [0, 0.05) is 5.54 Å². The molecule has 3 N–H and O–H groups in total. The van der Waals surface area contributed by atoms with Crippen LogP contribution in [0.5, 0.6) is 0 Å². The Morgan fingerprint density at radius 3 is 2.23 bits per heavy atom. The molecule has 13 heavy (non-hydrogen) atoms. The summed E-state index contributed by atoms with van der Waals surface area (Å²) in [5, 5.41) is 8.63. The second kappa shape index (κ2) is 5.22. The van der Waals surface area contributed by atoms with Crippen LogP contribution in [-0.4, -0.2) is 16.6 Å². The van der Waals surface area contributed by atoms with Crippen molar-refractivity contribution in [1.29, 1.82) is 0 Å². The summed E-state index contributed by atoms with van der Waals surface area (Å²) in [7, 11) is 0. The number of carboxylic acid groups (broad SMARTS) is 1. The molecule has 0 rings (SSSR count). The Balaban J connectivity index is 4.05. The number of hydrogen-bond donors (Lipinski definition) is 2. The van der Waals surface area contributed by atoms with Gasteiger partial charge in [0.2, 0.25) is 0 Å². The molecule has 0 saturated heterocycles. The van der Waals surface area contributed by atoms with Gasteiger partial charge in [0.25, 0.3) is 0 Å². The van der Waals surface area contributed by atoms with Crippen LogP contribution in [0.4, 0.5) is 0 Å². The largest absolute Gasteiger partial charge is 0.481 e. The van der Waals surface area contributed by atoms with Gasteiger partial charge in [-0.1, -0.05) is 26.7 Å². The van der Waals surface area contributed by atoms with Gasteiger partial charge in [-0.25, -0.2) is 0 Å². The molecule has 1 unspecified atom stereocenters. The zero-order chi connectivity index (χ0) is 10.5. The maximum Gasteiger partial charge on any atom is 0.305 e. The first kappa shape index (κ1) is 12.4. The van der Waals surface area contributed by atoms with Crippen LogP contribution in [0, 0.1) is 5.92 Å². The summed E-state index contributed by atoms with van der Waals surface area (Å²) < 4.78 is 0. The van der Waals surface area contributed by atoms with Crippen molar-refractivity contribution in [3.05, 3.63) is 0 Å². The highest BCUT2D eigenvalue weighted by atomic mass is 16.4. The molecule has 0 amide bonds. The molecule has 0 bridgehead atoms. The lowest BCUT2D eigenvalue weighted by Gasteiger charge is -2.27. The van der Waals surface area contributed by atoms with Crippen molar-refractivity contribution < 1.29 is 9.90 Å². The first-order chi connectivity index (χ1) is 5.91. The first-order valence-corrected chi connectivity index (χ1v) is 4.92. The maximum atomic E-state index is 10.5. The molecule has 0 aromatic rings. The minimum Gasteiger partial charge on any atom is -0.481 e. The van der Waals surface area contributed by atoms with Crippen molar-refractivity contribution in [2.24, 2.45) is 11.7 Å². The van der Waals surface area contributed by atoms with Gasteiger partial charge in [0.1, 0.15) is 0 Å². The molecule has 78 valence electrons. The number of carbonyl (C=O) groups is 1. The van der Waals surface area contributed by atoms with Gasteiger partial charge in [0.15, 0.2) is 0 Å². The molecule has 0 radical (unpaired) electrons. The van der Waals surface area contributed by atoms with E-state index in [1.807, 2.05) is 6.92 Å². The van der Waals surface area contributed by atoms with Crippen LogP contribution in [0.15, 0.2) is 0 Å². The van der Waals surface area contributed by atoms with E-state index >= 15 is 0 Å². The third-order valence-corrected chi connectivity index (χ3v) is 2.46. The SMILES string of the molecule is CCC(CC)CC(C)(N)CC(=O)O. The fourth-order valence-corrected chi connectivity index (χ4v) is 1.65. The van der Waals surface area contributed by atoms with E-state index in [4.69, 9.17) is 10.8 Å². The third kappa shape index (κ3) is 5.64.